The molecule has 0 bridgehead atoms. The largest absolute Gasteiger partial charge is 0.365 e. The molecule has 33 heavy (non-hydrogen) atoms. The number of alkyl halides is 2. The molecule has 2 amide bonds. The van der Waals surface area contributed by atoms with Crippen molar-refractivity contribution in [2.75, 3.05) is 12.4 Å². The number of amides is 2. The van der Waals surface area contributed by atoms with Crippen molar-refractivity contribution in [2.45, 2.75) is 20.1 Å². The summed E-state index contributed by atoms with van der Waals surface area (Å²) in [6.07, 6.45) is 0.381. The van der Waals surface area contributed by atoms with Crippen LogP contribution in [0.15, 0.2) is 24.5 Å². The molecule has 0 unspecified atom stereocenters. The first kappa shape index (κ1) is 22.5. The number of halogens is 2. The molecular weight excluding hydrogens is 456 g/mol. The van der Waals surface area contributed by atoms with E-state index >= 15 is 0 Å². The number of carbonyl (C=O) groups excluding carboxylic acids is 2. The average Bonchev–Trinajstić information content (AvgIpc) is 3.45. The summed E-state index contributed by atoms with van der Waals surface area (Å²) in [6.45, 7) is 1.87. The zero-order chi connectivity index (χ0) is 23.9. The van der Waals surface area contributed by atoms with Crippen LogP contribution < -0.4 is 11.1 Å². The number of thiophene rings is 1. The Labute approximate surface area is 190 Å². The van der Waals surface area contributed by atoms with Gasteiger partial charge in [0.1, 0.15) is 22.1 Å². The fraction of sp³-hybridized carbons (Fsp3) is 0.250. The van der Waals surface area contributed by atoms with E-state index in [1.807, 2.05) is 0 Å². The van der Waals surface area contributed by atoms with Gasteiger partial charge in [-0.15, -0.1) is 11.3 Å². The van der Waals surface area contributed by atoms with Gasteiger partial charge in [0, 0.05) is 37.5 Å². The molecule has 0 aliphatic heterocycles. The molecule has 0 spiro atoms. The minimum absolute atomic E-state index is 0.0172. The number of aryl methyl sites for hydroxylation is 2. The lowest BCUT2D eigenvalue weighted by Gasteiger charge is -2.10. The van der Waals surface area contributed by atoms with Crippen LogP contribution in [0, 0.1) is 6.92 Å². The van der Waals surface area contributed by atoms with E-state index in [-0.39, 0.29) is 27.8 Å². The van der Waals surface area contributed by atoms with Crippen LogP contribution in [-0.2, 0) is 18.5 Å². The van der Waals surface area contributed by atoms with Gasteiger partial charge < -0.3 is 15.8 Å². The molecule has 3 N–H and O–H groups in total. The number of anilines is 1. The number of aromatic nitrogens is 5. The van der Waals surface area contributed by atoms with Gasteiger partial charge in [-0.2, -0.15) is 10.2 Å². The first-order chi connectivity index (χ1) is 15.7. The van der Waals surface area contributed by atoms with E-state index in [4.69, 9.17) is 10.5 Å². The molecular formula is C20H19F2N7O3S. The van der Waals surface area contributed by atoms with Crippen molar-refractivity contribution in [3.8, 4) is 11.1 Å². The summed E-state index contributed by atoms with van der Waals surface area (Å²) < 4.78 is 35.1. The fourth-order valence-electron chi connectivity index (χ4n) is 3.46. The number of primary amides is 1. The third-order valence-electron chi connectivity index (χ3n) is 4.81. The van der Waals surface area contributed by atoms with E-state index in [9.17, 15) is 18.4 Å². The Hall–Kier alpha value is -3.71. The standard InChI is InChI=1S/C20H19F2N7O3S/c1-9-11(7-28(2)26-9)10-6-13(17(21)22)24-20-14(10)15(16(33-20)18(23)30)25-19(31)12-4-5-29(27-12)8-32-3/h4-7,17H,8H2,1-3H3,(H2,23,30)(H,25,31). The second-order valence-electron chi connectivity index (χ2n) is 7.16. The van der Waals surface area contributed by atoms with Crippen molar-refractivity contribution < 1.29 is 23.1 Å². The van der Waals surface area contributed by atoms with Crippen LogP contribution in [0.25, 0.3) is 21.3 Å². The lowest BCUT2D eigenvalue weighted by molar-refractivity contribution is 0.100. The highest BCUT2D eigenvalue weighted by Gasteiger charge is 2.26. The number of pyridine rings is 1. The zero-order valence-electron chi connectivity index (χ0n) is 17.8. The molecule has 4 aromatic heterocycles. The molecule has 0 fully saturated rings. The summed E-state index contributed by atoms with van der Waals surface area (Å²) in [5.41, 5.74) is 6.72. The third-order valence-corrected chi connectivity index (χ3v) is 5.90. The first-order valence-electron chi connectivity index (χ1n) is 9.59. The van der Waals surface area contributed by atoms with Gasteiger partial charge in [-0.25, -0.2) is 18.4 Å². The second-order valence-corrected chi connectivity index (χ2v) is 8.16. The maximum absolute atomic E-state index is 13.6. The number of methoxy groups -OCH3 is 1. The number of ether oxygens (including phenoxy) is 1. The monoisotopic (exact) mass is 475 g/mol. The number of nitrogens with one attached hydrogen (secondary N) is 1. The van der Waals surface area contributed by atoms with Gasteiger partial charge in [0.25, 0.3) is 18.2 Å². The van der Waals surface area contributed by atoms with E-state index in [0.717, 1.165) is 11.3 Å². The molecule has 0 atom stereocenters. The smallest absolute Gasteiger partial charge is 0.280 e. The van der Waals surface area contributed by atoms with Crippen molar-refractivity contribution >= 4 is 39.1 Å². The Morgan fingerprint density at radius 2 is 2.06 bits per heavy atom. The fourth-order valence-corrected chi connectivity index (χ4v) is 4.48. The number of carbonyl (C=O) groups is 2. The van der Waals surface area contributed by atoms with Crippen molar-refractivity contribution in [3.05, 3.63) is 46.5 Å². The van der Waals surface area contributed by atoms with Crippen LogP contribution in [-0.4, -0.2) is 43.5 Å². The molecule has 0 saturated heterocycles. The minimum Gasteiger partial charge on any atom is -0.365 e. The maximum Gasteiger partial charge on any atom is 0.280 e. The van der Waals surface area contributed by atoms with Crippen molar-refractivity contribution in [3.63, 3.8) is 0 Å². The van der Waals surface area contributed by atoms with Gasteiger partial charge in [-0.1, -0.05) is 0 Å². The molecule has 13 heteroatoms. The van der Waals surface area contributed by atoms with Crippen LogP contribution in [0.5, 0.6) is 0 Å². The van der Waals surface area contributed by atoms with Gasteiger partial charge in [0.2, 0.25) is 0 Å². The molecule has 0 aliphatic carbocycles. The Bertz CT molecular complexity index is 1380. The topological polar surface area (TPSA) is 130 Å². The highest BCUT2D eigenvalue weighted by Crippen LogP contribution is 2.43. The predicted molar refractivity (Wildman–Crippen MR) is 117 cm³/mol. The number of fused-ring (bicyclic) bond motifs is 1. The summed E-state index contributed by atoms with van der Waals surface area (Å²) in [7, 11) is 3.19. The average molecular weight is 475 g/mol. The van der Waals surface area contributed by atoms with Gasteiger partial charge in [-0.3, -0.25) is 14.3 Å². The van der Waals surface area contributed by atoms with Gasteiger partial charge in [-0.05, 0) is 24.6 Å². The van der Waals surface area contributed by atoms with Crippen LogP contribution in [0.3, 0.4) is 0 Å². The van der Waals surface area contributed by atoms with Crippen LogP contribution in [0.4, 0.5) is 14.5 Å². The summed E-state index contributed by atoms with van der Waals surface area (Å²) in [5.74, 6) is -1.44. The Morgan fingerprint density at radius 1 is 1.30 bits per heavy atom. The van der Waals surface area contributed by atoms with Crippen LogP contribution in [0.2, 0.25) is 0 Å². The normalized spacial score (nSPS) is 11.5. The highest BCUT2D eigenvalue weighted by molar-refractivity contribution is 7.21. The van der Waals surface area contributed by atoms with Crippen LogP contribution in [0.1, 0.15) is 38.0 Å². The molecule has 4 rings (SSSR count). The summed E-state index contributed by atoms with van der Waals surface area (Å²) in [4.78, 5) is 29.2. The molecule has 0 radical (unpaired) electrons. The number of hydrogen-bond acceptors (Lipinski definition) is 7. The van der Waals surface area contributed by atoms with Crippen molar-refractivity contribution in [1.82, 2.24) is 24.5 Å². The molecule has 4 aromatic rings. The maximum atomic E-state index is 13.6. The minimum atomic E-state index is -2.84. The van der Waals surface area contributed by atoms with Crippen LogP contribution >= 0.6 is 11.3 Å². The zero-order valence-corrected chi connectivity index (χ0v) is 18.6. The Kier molecular flexibility index (Phi) is 5.91. The number of rotatable bonds is 7. The third kappa shape index (κ3) is 4.19. The SMILES string of the molecule is COCn1ccc(C(=O)Nc2c(C(N)=O)sc3nc(C(F)F)cc(-c4cn(C)nc4C)c23)n1. The lowest BCUT2D eigenvalue weighted by Crippen LogP contribution is -2.17. The molecule has 0 aromatic carbocycles. The molecule has 4 heterocycles. The van der Waals surface area contributed by atoms with E-state index in [1.165, 1.54) is 23.9 Å². The number of nitrogens with zero attached hydrogens (tertiary/aromatic N) is 5. The number of hydrogen-bond donors (Lipinski definition) is 2. The molecule has 0 aliphatic rings. The lowest BCUT2D eigenvalue weighted by atomic mass is 10.0. The quantitative estimate of drug-likeness (QED) is 0.422. The summed E-state index contributed by atoms with van der Waals surface area (Å²) in [5, 5.41) is 11.4. The highest BCUT2D eigenvalue weighted by atomic mass is 32.1. The van der Waals surface area contributed by atoms with E-state index in [2.05, 4.69) is 20.5 Å². The first-order valence-corrected chi connectivity index (χ1v) is 10.4. The second kappa shape index (κ2) is 8.67. The van der Waals surface area contributed by atoms with E-state index in [0.29, 0.717) is 22.2 Å². The number of nitrogens with two attached hydrogens (primary N) is 1. The summed E-state index contributed by atoms with van der Waals surface area (Å²) in [6, 6.07) is 2.71. The molecule has 0 saturated carbocycles. The predicted octanol–water partition coefficient (Wildman–Crippen LogP) is 3.09. The van der Waals surface area contributed by atoms with Crippen molar-refractivity contribution in [1.29, 1.82) is 0 Å². The van der Waals surface area contributed by atoms with E-state index in [1.54, 1.807) is 31.0 Å². The van der Waals surface area contributed by atoms with Gasteiger partial charge in [0.15, 0.2) is 5.69 Å². The molecule has 10 nitrogen and oxygen atoms in total. The van der Waals surface area contributed by atoms with Crippen molar-refractivity contribution in [2.24, 2.45) is 12.8 Å². The Morgan fingerprint density at radius 3 is 2.67 bits per heavy atom. The molecule has 172 valence electrons. The Balaban J connectivity index is 1.92. The van der Waals surface area contributed by atoms with E-state index < -0.39 is 23.9 Å². The van der Waals surface area contributed by atoms with Gasteiger partial charge >= 0.3 is 0 Å². The van der Waals surface area contributed by atoms with Gasteiger partial charge in [0.05, 0.1) is 11.4 Å². The summed E-state index contributed by atoms with van der Waals surface area (Å²) >= 11 is 0.829.